The molecule has 3 nitrogen and oxygen atoms in total. The van der Waals surface area contributed by atoms with Gasteiger partial charge in [0.05, 0.1) is 6.04 Å². The lowest BCUT2D eigenvalue weighted by atomic mass is 9.47. The highest BCUT2D eigenvalue weighted by Crippen LogP contribution is 2.64. The van der Waals surface area contributed by atoms with Gasteiger partial charge in [-0.1, -0.05) is 0 Å². The fourth-order valence-electron chi connectivity index (χ4n) is 5.93. The van der Waals surface area contributed by atoms with Crippen LogP contribution in [0.3, 0.4) is 0 Å². The van der Waals surface area contributed by atoms with Crippen LogP contribution in [0.5, 0.6) is 0 Å². The highest BCUT2D eigenvalue weighted by molar-refractivity contribution is 5.05. The third kappa shape index (κ3) is 1.85. The smallest absolute Gasteiger partial charge is 0.0587 e. The van der Waals surface area contributed by atoms with Crippen molar-refractivity contribution >= 4 is 0 Å². The zero-order chi connectivity index (χ0) is 12.9. The number of rotatable bonds is 4. The Balaban J connectivity index is 1.68. The normalized spacial score (nSPS) is 41.6. The minimum Gasteiger partial charge on any atom is -0.330 e. The molecule has 4 aliphatic rings. The van der Waals surface area contributed by atoms with Crippen molar-refractivity contribution < 1.29 is 0 Å². The van der Waals surface area contributed by atoms with Crippen LogP contribution in [0.1, 0.15) is 51.0 Å². The summed E-state index contributed by atoms with van der Waals surface area (Å²) in [5.74, 6) is 3.01. The molecular formula is C16H25N3. The summed E-state index contributed by atoms with van der Waals surface area (Å²) in [4.78, 5) is 0. The number of nitrogens with two attached hydrogens (primary N) is 1. The van der Waals surface area contributed by atoms with Gasteiger partial charge in [0.2, 0.25) is 0 Å². The summed E-state index contributed by atoms with van der Waals surface area (Å²) in [5.41, 5.74) is 6.43. The lowest BCUT2D eigenvalue weighted by Gasteiger charge is -2.59. The number of hydrogen-bond acceptors (Lipinski definition) is 2. The molecule has 0 radical (unpaired) electrons. The van der Waals surface area contributed by atoms with Gasteiger partial charge in [0.15, 0.2) is 0 Å². The Morgan fingerprint density at radius 3 is 2.26 bits per heavy atom. The third-order valence-electron chi connectivity index (χ3n) is 6.08. The first kappa shape index (κ1) is 12.0. The van der Waals surface area contributed by atoms with Crippen LogP contribution >= 0.6 is 0 Å². The van der Waals surface area contributed by atoms with E-state index in [0.717, 1.165) is 30.7 Å². The standard InChI is InChI=1S/C16H25N3/c17-3-2-15(19-5-1-4-18-19)16-9-12-6-13(10-16)8-14(7-12)11-16/h1,4-5,12-15H,2-3,6-11,17H2. The van der Waals surface area contributed by atoms with E-state index >= 15 is 0 Å². The predicted molar refractivity (Wildman–Crippen MR) is 75.5 cm³/mol. The van der Waals surface area contributed by atoms with Gasteiger partial charge >= 0.3 is 0 Å². The van der Waals surface area contributed by atoms with Crippen molar-refractivity contribution in [3.63, 3.8) is 0 Å². The van der Waals surface area contributed by atoms with Gasteiger partial charge in [-0.3, -0.25) is 4.68 Å². The van der Waals surface area contributed by atoms with Crippen molar-refractivity contribution in [3.05, 3.63) is 18.5 Å². The van der Waals surface area contributed by atoms with Crippen molar-refractivity contribution in [1.82, 2.24) is 9.78 Å². The van der Waals surface area contributed by atoms with E-state index in [1.54, 1.807) is 0 Å². The SMILES string of the molecule is NCCC(n1cccn1)C12CC3CC(CC(C3)C1)C2. The molecule has 4 saturated carbocycles. The van der Waals surface area contributed by atoms with Crippen LogP contribution in [0.2, 0.25) is 0 Å². The molecule has 104 valence electrons. The van der Waals surface area contributed by atoms with E-state index < -0.39 is 0 Å². The molecule has 1 heterocycles. The van der Waals surface area contributed by atoms with Crippen LogP contribution in [-0.2, 0) is 0 Å². The third-order valence-corrected chi connectivity index (χ3v) is 6.08. The summed E-state index contributed by atoms with van der Waals surface area (Å²) in [5, 5.41) is 4.55. The molecular weight excluding hydrogens is 234 g/mol. The van der Waals surface area contributed by atoms with Crippen LogP contribution in [0.15, 0.2) is 18.5 Å². The second-order valence-corrected chi connectivity index (χ2v) is 7.36. The maximum Gasteiger partial charge on any atom is 0.0587 e. The summed E-state index contributed by atoms with van der Waals surface area (Å²) in [6.07, 6.45) is 14.0. The Hall–Kier alpha value is -0.830. The molecule has 4 aliphatic carbocycles. The van der Waals surface area contributed by atoms with E-state index in [2.05, 4.69) is 22.0 Å². The zero-order valence-corrected chi connectivity index (χ0v) is 11.7. The molecule has 19 heavy (non-hydrogen) atoms. The lowest BCUT2D eigenvalue weighted by molar-refractivity contribution is -0.0863. The molecule has 1 aromatic heterocycles. The summed E-state index contributed by atoms with van der Waals surface area (Å²) in [6, 6.07) is 2.60. The summed E-state index contributed by atoms with van der Waals surface area (Å²) >= 11 is 0. The highest BCUT2D eigenvalue weighted by Gasteiger charge is 2.54. The van der Waals surface area contributed by atoms with E-state index in [4.69, 9.17) is 5.73 Å². The van der Waals surface area contributed by atoms with E-state index in [1.165, 1.54) is 38.5 Å². The fourth-order valence-corrected chi connectivity index (χ4v) is 5.93. The Morgan fingerprint density at radius 2 is 1.79 bits per heavy atom. The van der Waals surface area contributed by atoms with Gasteiger partial charge in [-0.05, 0) is 80.7 Å². The molecule has 0 spiro atoms. The average molecular weight is 259 g/mol. The Kier molecular flexibility index (Phi) is 2.73. The van der Waals surface area contributed by atoms with Gasteiger partial charge < -0.3 is 5.73 Å². The van der Waals surface area contributed by atoms with Crippen molar-refractivity contribution in [3.8, 4) is 0 Å². The van der Waals surface area contributed by atoms with Gasteiger partial charge in [-0.2, -0.15) is 5.10 Å². The quantitative estimate of drug-likeness (QED) is 0.903. The molecule has 5 rings (SSSR count). The summed E-state index contributed by atoms with van der Waals surface area (Å²) < 4.78 is 2.22. The van der Waals surface area contributed by atoms with Crippen LogP contribution in [-0.4, -0.2) is 16.3 Å². The number of aromatic nitrogens is 2. The zero-order valence-electron chi connectivity index (χ0n) is 11.7. The van der Waals surface area contributed by atoms with Gasteiger partial charge in [0.25, 0.3) is 0 Å². The first-order valence-electron chi connectivity index (χ1n) is 7.98. The monoisotopic (exact) mass is 259 g/mol. The second kappa shape index (κ2) is 4.34. The molecule has 0 saturated heterocycles. The maximum atomic E-state index is 5.91. The molecule has 4 bridgehead atoms. The van der Waals surface area contributed by atoms with E-state index in [1.807, 2.05) is 6.20 Å². The van der Waals surface area contributed by atoms with Gasteiger partial charge in [-0.25, -0.2) is 0 Å². The Labute approximate surface area is 115 Å². The van der Waals surface area contributed by atoms with Crippen molar-refractivity contribution in [2.45, 2.75) is 51.0 Å². The number of nitrogens with zero attached hydrogens (tertiary/aromatic N) is 2. The molecule has 0 amide bonds. The maximum absolute atomic E-state index is 5.91. The van der Waals surface area contributed by atoms with Crippen LogP contribution < -0.4 is 5.73 Å². The summed E-state index contributed by atoms with van der Waals surface area (Å²) in [6.45, 7) is 0.784. The number of hydrogen-bond donors (Lipinski definition) is 1. The van der Waals surface area contributed by atoms with Crippen LogP contribution in [0.4, 0.5) is 0 Å². The van der Waals surface area contributed by atoms with E-state index in [0.29, 0.717) is 11.5 Å². The van der Waals surface area contributed by atoms with Crippen molar-refractivity contribution in [2.75, 3.05) is 6.54 Å². The van der Waals surface area contributed by atoms with Gasteiger partial charge in [-0.15, -0.1) is 0 Å². The molecule has 0 aliphatic heterocycles. The molecule has 2 N–H and O–H groups in total. The molecule has 1 aromatic rings. The average Bonchev–Trinajstić information content (AvgIpc) is 2.87. The van der Waals surface area contributed by atoms with E-state index in [-0.39, 0.29) is 0 Å². The van der Waals surface area contributed by atoms with Crippen molar-refractivity contribution in [1.29, 1.82) is 0 Å². The minimum absolute atomic E-state index is 0.514. The fraction of sp³-hybridized carbons (Fsp3) is 0.812. The van der Waals surface area contributed by atoms with Crippen LogP contribution in [0, 0.1) is 23.2 Å². The lowest BCUT2D eigenvalue weighted by Crippen LogP contribution is -2.50. The first-order valence-corrected chi connectivity index (χ1v) is 7.98. The topological polar surface area (TPSA) is 43.8 Å². The molecule has 1 atom stereocenters. The Morgan fingerprint density at radius 1 is 1.16 bits per heavy atom. The minimum atomic E-state index is 0.514. The van der Waals surface area contributed by atoms with Crippen LogP contribution in [0.25, 0.3) is 0 Å². The first-order chi connectivity index (χ1) is 9.29. The second-order valence-electron chi connectivity index (χ2n) is 7.36. The van der Waals surface area contributed by atoms with Crippen molar-refractivity contribution in [2.24, 2.45) is 28.9 Å². The van der Waals surface area contributed by atoms with Gasteiger partial charge in [0.1, 0.15) is 0 Å². The Bertz CT molecular complexity index is 402. The largest absolute Gasteiger partial charge is 0.330 e. The molecule has 1 unspecified atom stereocenters. The summed E-state index contributed by atoms with van der Waals surface area (Å²) in [7, 11) is 0. The van der Waals surface area contributed by atoms with E-state index in [9.17, 15) is 0 Å². The van der Waals surface area contributed by atoms with Gasteiger partial charge in [0, 0.05) is 12.4 Å². The molecule has 3 heteroatoms. The molecule has 0 aromatic carbocycles. The predicted octanol–water partition coefficient (Wildman–Crippen LogP) is 2.99. The molecule has 4 fully saturated rings. The highest BCUT2D eigenvalue weighted by atomic mass is 15.3.